The maximum absolute atomic E-state index is 5.87. The van der Waals surface area contributed by atoms with E-state index in [1.54, 1.807) is 0 Å². The molecule has 1 spiro atoms. The Morgan fingerprint density at radius 2 is 1.77 bits per heavy atom. The Bertz CT molecular complexity index is 188. The van der Waals surface area contributed by atoms with Gasteiger partial charge in [-0.3, -0.25) is 4.99 Å². The van der Waals surface area contributed by atoms with Gasteiger partial charge in [-0.1, -0.05) is 0 Å². The van der Waals surface area contributed by atoms with E-state index in [2.05, 4.69) is 10.3 Å². The Morgan fingerprint density at radius 1 is 1.15 bits per heavy atom. The zero-order valence-electron chi connectivity index (χ0n) is 7.58. The maximum Gasteiger partial charge on any atom is 0.100 e. The third-order valence-electron chi connectivity index (χ3n) is 2.98. The summed E-state index contributed by atoms with van der Waals surface area (Å²) in [6.45, 7) is 3.16. The van der Waals surface area contributed by atoms with Crippen LogP contribution in [0.3, 0.4) is 0 Å². The average Bonchev–Trinajstić information content (AvgIpc) is 2.36. The molecule has 2 aliphatic rings. The third-order valence-corrected chi connectivity index (χ3v) is 2.98. The van der Waals surface area contributed by atoms with Crippen LogP contribution in [0.15, 0.2) is 4.99 Å². The molecule has 2 aliphatic heterocycles. The van der Waals surface area contributed by atoms with E-state index in [1.807, 2.05) is 0 Å². The zero-order valence-corrected chi connectivity index (χ0v) is 9.22. The molecule has 0 unspecified atom stereocenters. The molecule has 5 heteroatoms. The summed E-state index contributed by atoms with van der Waals surface area (Å²) >= 11 is 0. The summed E-state index contributed by atoms with van der Waals surface area (Å²) in [5.41, 5.74) is 6.16. The van der Waals surface area contributed by atoms with E-state index in [0.29, 0.717) is 5.41 Å². The predicted molar refractivity (Wildman–Crippen MR) is 60.1 cm³/mol. The van der Waals surface area contributed by atoms with Crippen LogP contribution in [0.2, 0.25) is 0 Å². The standard InChI is InChI=1S/C8H15N3.2ClH/c9-7-8(3-6-11-7)1-4-10-5-2-8;;/h10H,1-6H2,(H2,9,11);2*1H. The van der Waals surface area contributed by atoms with Crippen molar-refractivity contribution in [1.29, 1.82) is 0 Å². The van der Waals surface area contributed by atoms with E-state index in [9.17, 15) is 0 Å². The fourth-order valence-electron chi connectivity index (χ4n) is 2.10. The van der Waals surface area contributed by atoms with Gasteiger partial charge in [0, 0.05) is 12.0 Å². The molecule has 2 heterocycles. The highest BCUT2D eigenvalue weighted by molar-refractivity contribution is 5.88. The third kappa shape index (κ3) is 2.27. The first kappa shape index (κ1) is 13.0. The summed E-state index contributed by atoms with van der Waals surface area (Å²) in [6, 6.07) is 0. The van der Waals surface area contributed by atoms with Crippen molar-refractivity contribution in [3.8, 4) is 0 Å². The highest BCUT2D eigenvalue weighted by Gasteiger charge is 2.38. The molecule has 3 N–H and O–H groups in total. The number of aliphatic imine (C=N–C) groups is 1. The Morgan fingerprint density at radius 3 is 2.23 bits per heavy atom. The van der Waals surface area contributed by atoms with Crippen LogP contribution in [0.1, 0.15) is 19.3 Å². The number of nitrogens with two attached hydrogens (primary N) is 1. The van der Waals surface area contributed by atoms with Gasteiger partial charge in [0.25, 0.3) is 0 Å². The number of nitrogens with one attached hydrogen (secondary N) is 1. The molecule has 1 fully saturated rings. The molecule has 0 amide bonds. The van der Waals surface area contributed by atoms with Crippen molar-refractivity contribution in [3.05, 3.63) is 0 Å². The van der Waals surface area contributed by atoms with Crippen LogP contribution in [0.25, 0.3) is 0 Å². The van der Waals surface area contributed by atoms with Gasteiger partial charge in [-0.25, -0.2) is 0 Å². The lowest BCUT2D eigenvalue weighted by Gasteiger charge is -2.33. The van der Waals surface area contributed by atoms with E-state index in [4.69, 9.17) is 5.73 Å². The minimum atomic E-state index is 0. The largest absolute Gasteiger partial charge is 0.387 e. The summed E-state index contributed by atoms with van der Waals surface area (Å²) in [4.78, 5) is 4.28. The molecule has 0 bridgehead atoms. The molecule has 0 aliphatic carbocycles. The van der Waals surface area contributed by atoms with Crippen molar-refractivity contribution >= 4 is 30.6 Å². The lowest BCUT2D eigenvalue weighted by atomic mass is 9.77. The van der Waals surface area contributed by atoms with Gasteiger partial charge in [-0.2, -0.15) is 0 Å². The molecule has 0 aromatic heterocycles. The van der Waals surface area contributed by atoms with Crippen molar-refractivity contribution in [2.75, 3.05) is 19.6 Å². The molecule has 13 heavy (non-hydrogen) atoms. The number of amidine groups is 1. The Balaban J connectivity index is 0.000000720. The second-order valence-electron chi connectivity index (χ2n) is 3.55. The van der Waals surface area contributed by atoms with Crippen molar-refractivity contribution in [2.24, 2.45) is 16.1 Å². The minimum absolute atomic E-state index is 0. The molecule has 2 rings (SSSR count). The molecular formula is C8H17Cl2N3. The van der Waals surface area contributed by atoms with Gasteiger partial charge < -0.3 is 11.1 Å². The average molecular weight is 226 g/mol. The molecule has 0 atom stereocenters. The topological polar surface area (TPSA) is 50.4 Å². The molecule has 3 nitrogen and oxygen atoms in total. The van der Waals surface area contributed by atoms with Crippen LogP contribution >= 0.6 is 24.8 Å². The Labute approximate surface area is 91.4 Å². The van der Waals surface area contributed by atoms with Gasteiger partial charge >= 0.3 is 0 Å². The summed E-state index contributed by atoms with van der Waals surface area (Å²) in [5, 5.41) is 3.35. The number of halogens is 2. The van der Waals surface area contributed by atoms with Crippen LogP contribution in [0.4, 0.5) is 0 Å². The lowest BCUT2D eigenvalue weighted by Crippen LogP contribution is -2.43. The van der Waals surface area contributed by atoms with Gasteiger partial charge in [-0.05, 0) is 32.4 Å². The monoisotopic (exact) mass is 225 g/mol. The first-order valence-electron chi connectivity index (χ1n) is 4.35. The second-order valence-corrected chi connectivity index (χ2v) is 3.55. The van der Waals surface area contributed by atoms with Crippen molar-refractivity contribution < 1.29 is 0 Å². The molecule has 1 saturated heterocycles. The van der Waals surface area contributed by atoms with Gasteiger partial charge in [0.05, 0.1) is 0 Å². The fraction of sp³-hybridized carbons (Fsp3) is 0.875. The van der Waals surface area contributed by atoms with Gasteiger partial charge in [0.1, 0.15) is 5.84 Å². The molecule has 78 valence electrons. The molecule has 0 aromatic carbocycles. The fourth-order valence-corrected chi connectivity index (χ4v) is 2.10. The van der Waals surface area contributed by atoms with Crippen LogP contribution in [-0.2, 0) is 0 Å². The van der Waals surface area contributed by atoms with Crippen LogP contribution in [0.5, 0.6) is 0 Å². The number of hydrogen-bond acceptors (Lipinski definition) is 3. The number of hydrogen-bond donors (Lipinski definition) is 2. The second kappa shape index (κ2) is 5.03. The van der Waals surface area contributed by atoms with Crippen LogP contribution in [0, 0.1) is 5.41 Å². The highest BCUT2D eigenvalue weighted by atomic mass is 35.5. The van der Waals surface area contributed by atoms with Crippen LogP contribution < -0.4 is 11.1 Å². The lowest BCUT2D eigenvalue weighted by molar-refractivity contribution is 0.296. The number of piperidine rings is 1. The summed E-state index contributed by atoms with van der Waals surface area (Å²) in [5.74, 6) is 0.916. The van der Waals surface area contributed by atoms with E-state index >= 15 is 0 Å². The van der Waals surface area contributed by atoms with Crippen molar-refractivity contribution in [3.63, 3.8) is 0 Å². The summed E-state index contributed by atoms with van der Waals surface area (Å²) in [7, 11) is 0. The molecule has 0 radical (unpaired) electrons. The van der Waals surface area contributed by atoms with Crippen molar-refractivity contribution in [1.82, 2.24) is 5.32 Å². The number of rotatable bonds is 0. The first-order valence-corrected chi connectivity index (χ1v) is 4.35. The Hall–Kier alpha value is 0.01000. The SMILES string of the molecule is Cl.Cl.NC1=NCCC12CCNCC2. The predicted octanol–water partition coefficient (Wildman–Crippen LogP) is 0.961. The quantitative estimate of drug-likeness (QED) is 0.646. The highest BCUT2D eigenvalue weighted by Crippen LogP contribution is 2.36. The maximum atomic E-state index is 5.87. The van der Waals surface area contributed by atoms with Crippen LogP contribution in [-0.4, -0.2) is 25.5 Å². The first-order chi connectivity index (χ1) is 5.33. The Kier molecular flexibility index (Phi) is 5.04. The van der Waals surface area contributed by atoms with Gasteiger partial charge in [0.15, 0.2) is 0 Å². The molecular weight excluding hydrogens is 209 g/mol. The van der Waals surface area contributed by atoms with E-state index in [1.165, 1.54) is 19.3 Å². The van der Waals surface area contributed by atoms with Gasteiger partial charge in [-0.15, -0.1) is 24.8 Å². The normalized spacial score (nSPS) is 24.5. The van der Waals surface area contributed by atoms with Crippen molar-refractivity contribution in [2.45, 2.75) is 19.3 Å². The number of nitrogens with zero attached hydrogens (tertiary/aromatic N) is 1. The smallest absolute Gasteiger partial charge is 0.100 e. The minimum Gasteiger partial charge on any atom is -0.387 e. The van der Waals surface area contributed by atoms with Gasteiger partial charge in [0.2, 0.25) is 0 Å². The summed E-state index contributed by atoms with van der Waals surface area (Å²) in [6.07, 6.45) is 3.55. The summed E-state index contributed by atoms with van der Waals surface area (Å²) < 4.78 is 0. The molecule has 0 aromatic rings. The van der Waals surface area contributed by atoms with E-state index in [0.717, 1.165) is 25.5 Å². The van der Waals surface area contributed by atoms with E-state index in [-0.39, 0.29) is 24.8 Å². The molecule has 0 saturated carbocycles. The zero-order chi connectivity index (χ0) is 7.73. The van der Waals surface area contributed by atoms with E-state index < -0.39 is 0 Å².